The topological polar surface area (TPSA) is 58.6 Å². The standard InChI is InChI=1S/C18H26N2O3/c1-3-14-13-20(17(21)9-11-19-18(22)23-2)12-10-16(14)15-7-5-4-6-8-15/h4-8,14,16H,3,9-13H2,1-2H3,(H,19,22)/t14-,16+/m0/s1. The minimum atomic E-state index is -0.493. The Bertz CT molecular complexity index is 518. The highest BCUT2D eigenvalue weighted by atomic mass is 16.5. The van der Waals surface area contributed by atoms with Crippen LogP contribution in [0, 0.1) is 5.92 Å². The highest BCUT2D eigenvalue weighted by Gasteiger charge is 2.30. The lowest BCUT2D eigenvalue weighted by Crippen LogP contribution is -2.43. The number of likely N-dealkylation sites (tertiary alicyclic amines) is 1. The Hall–Kier alpha value is -2.04. The minimum absolute atomic E-state index is 0.103. The van der Waals surface area contributed by atoms with Crippen LogP contribution in [-0.2, 0) is 9.53 Å². The van der Waals surface area contributed by atoms with Crippen molar-refractivity contribution in [3.63, 3.8) is 0 Å². The Kier molecular flexibility index (Phi) is 6.44. The van der Waals surface area contributed by atoms with Gasteiger partial charge in [0.05, 0.1) is 7.11 Å². The predicted octanol–water partition coefficient (Wildman–Crippen LogP) is 2.77. The van der Waals surface area contributed by atoms with Crippen LogP contribution < -0.4 is 5.32 Å². The van der Waals surface area contributed by atoms with Crippen LogP contribution in [0.15, 0.2) is 30.3 Å². The summed E-state index contributed by atoms with van der Waals surface area (Å²) in [5.74, 6) is 1.12. The molecule has 5 heteroatoms. The number of carbonyl (C=O) groups excluding carboxylic acids is 2. The molecule has 126 valence electrons. The first kappa shape index (κ1) is 17.3. The number of nitrogens with one attached hydrogen (secondary N) is 1. The van der Waals surface area contributed by atoms with Crippen molar-refractivity contribution in [2.75, 3.05) is 26.7 Å². The molecule has 0 aromatic heterocycles. The summed E-state index contributed by atoms with van der Waals surface area (Å²) >= 11 is 0. The number of carbonyl (C=O) groups is 2. The lowest BCUT2D eigenvalue weighted by molar-refractivity contribution is -0.133. The van der Waals surface area contributed by atoms with E-state index in [9.17, 15) is 9.59 Å². The van der Waals surface area contributed by atoms with Crippen LogP contribution >= 0.6 is 0 Å². The molecule has 1 aliphatic rings. The monoisotopic (exact) mass is 318 g/mol. The number of rotatable bonds is 5. The number of methoxy groups -OCH3 is 1. The van der Waals surface area contributed by atoms with Crippen molar-refractivity contribution in [2.24, 2.45) is 5.92 Å². The zero-order chi connectivity index (χ0) is 16.7. The maximum atomic E-state index is 12.3. The third kappa shape index (κ3) is 4.71. The van der Waals surface area contributed by atoms with E-state index in [-0.39, 0.29) is 5.91 Å². The van der Waals surface area contributed by atoms with Gasteiger partial charge in [0.1, 0.15) is 0 Å². The molecule has 0 spiro atoms. The molecule has 2 rings (SSSR count). The zero-order valence-corrected chi connectivity index (χ0v) is 14.0. The van der Waals surface area contributed by atoms with E-state index in [2.05, 4.69) is 41.2 Å². The van der Waals surface area contributed by atoms with Crippen LogP contribution in [0.5, 0.6) is 0 Å². The number of alkyl carbamates (subject to hydrolysis) is 1. The minimum Gasteiger partial charge on any atom is -0.453 e. The van der Waals surface area contributed by atoms with Crippen molar-refractivity contribution >= 4 is 12.0 Å². The highest BCUT2D eigenvalue weighted by Crippen LogP contribution is 2.34. The van der Waals surface area contributed by atoms with E-state index in [1.54, 1.807) is 0 Å². The summed E-state index contributed by atoms with van der Waals surface area (Å²) in [5, 5.41) is 2.55. The van der Waals surface area contributed by atoms with Gasteiger partial charge in [0.25, 0.3) is 0 Å². The largest absolute Gasteiger partial charge is 0.453 e. The molecule has 1 aromatic rings. The van der Waals surface area contributed by atoms with Gasteiger partial charge in [0.15, 0.2) is 0 Å². The Morgan fingerprint density at radius 2 is 2.04 bits per heavy atom. The smallest absolute Gasteiger partial charge is 0.406 e. The van der Waals surface area contributed by atoms with E-state index in [1.807, 2.05) is 11.0 Å². The number of piperidine rings is 1. The van der Waals surface area contributed by atoms with Gasteiger partial charge in [-0.25, -0.2) is 4.79 Å². The van der Waals surface area contributed by atoms with Gasteiger partial charge in [0.2, 0.25) is 5.91 Å². The molecule has 2 atom stereocenters. The molecule has 1 aliphatic heterocycles. The number of ether oxygens (including phenoxy) is 1. The molecule has 2 amide bonds. The second-order valence-electron chi connectivity index (χ2n) is 5.98. The molecule has 1 N–H and O–H groups in total. The summed E-state index contributed by atoms with van der Waals surface area (Å²) in [6.07, 6.45) is 1.89. The van der Waals surface area contributed by atoms with Crippen molar-refractivity contribution in [3.8, 4) is 0 Å². The molecule has 0 bridgehead atoms. The number of benzene rings is 1. The molecule has 1 fully saturated rings. The van der Waals surface area contributed by atoms with Gasteiger partial charge in [-0.3, -0.25) is 4.79 Å². The normalized spacial score (nSPS) is 20.9. The molecule has 1 heterocycles. The van der Waals surface area contributed by atoms with Gasteiger partial charge >= 0.3 is 6.09 Å². The summed E-state index contributed by atoms with van der Waals surface area (Å²) in [6.45, 7) is 4.09. The second kappa shape index (κ2) is 8.56. The van der Waals surface area contributed by atoms with Crippen LogP contribution in [0.3, 0.4) is 0 Å². The molecule has 0 aliphatic carbocycles. The fraction of sp³-hybridized carbons (Fsp3) is 0.556. The van der Waals surface area contributed by atoms with Crippen LogP contribution in [0.1, 0.15) is 37.7 Å². The number of hydrogen-bond donors (Lipinski definition) is 1. The maximum absolute atomic E-state index is 12.3. The van der Waals surface area contributed by atoms with Gasteiger partial charge in [-0.1, -0.05) is 43.7 Å². The first-order valence-corrected chi connectivity index (χ1v) is 8.30. The lowest BCUT2D eigenvalue weighted by Gasteiger charge is -2.38. The van der Waals surface area contributed by atoms with Crippen LogP contribution in [0.25, 0.3) is 0 Å². The molecular formula is C18H26N2O3. The summed E-state index contributed by atoms with van der Waals surface area (Å²) in [4.78, 5) is 25.3. The number of amides is 2. The van der Waals surface area contributed by atoms with E-state index >= 15 is 0 Å². The first-order chi connectivity index (χ1) is 11.2. The van der Waals surface area contributed by atoms with Gasteiger partial charge in [-0.05, 0) is 23.8 Å². The van der Waals surface area contributed by atoms with Gasteiger partial charge in [0, 0.05) is 26.1 Å². The number of hydrogen-bond acceptors (Lipinski definition) is 3. The Balaban J connectivity index is 1.88. The quantitative estimate of drug-likeness (QED) is 0.908. The van der Waals surface area contributed by atoms with E-state index in [4.69, 9.17) is 0 Å². The van der Waals surface area contributed by atoms with E-state index in [0.717, 1.165) is 25.9 Å². The van der Waals surface area contributed by atoms with Crippen LogP contribution in [0.2, 0.25) is 0 Å². The summed E-state index contributed by atoms with van der Waals surface area (Å²) < 4.78 is 4.50. The molecule has 1 aromatic carbocycles. The van der Waals surface area contributed by atoms with E-state index < -0.39 is 6.09 Å². The molecule has 0 unspecified atom stereocenters. The maximum Gasteiger partial charge on any atom is 0.406 e. The third-order valence-corrected chi connectivity index (χ3v) is 4.63. The molecule has 0 saturated carbocycles. The van der Waals surface area contributed by atoms with Crippen molar-refractivity contribution < 1.29 is 14.3 Å². The Labute approximate surface area is 138 Å². The SMILES string of the molecule is CC[C@H]1CN(C(=O)CCNC(=O)OC)CC[C@H]1c1ccccc1. The lowest BCUT2D eigenvalue weighted by atomic mass is 9.79. The van der Waals surface area contributed by atoms with Crippen molar-refractivity contribution in [1.29, 1.82) is 0 Å². The van der Waals surface area contributed by atoms with Crippen molar-refractivity contribution in [3.05, 3.63) is 35.9 Å². The van der Waals surface area contributed by atoms with E-state index in [0.29, 0.717) is 24.8 Å². The number of nitrogens with zero attached hydrogens (tertiary/aromatic N) is 1. The van der Waals surface area contributed by atoms with Crippen LogP contribution in [0.4, 0.5) is 4.79 Å². The summed E-state index contributed by atoms with van der Waals surface area (Å²) in [5.41, 5.74) is 1.37. The Morgan fingerprint density at radius 1 is 1.30 bits per heavy atom. The first-order valence-electron chi connectivity index (χ1n) is 8.30. The fourth-order valence-corrected chi connectivity index (χ4v) is 3.31. The fourth-order valence-electron chi connectivity index (χ4n) is 3.31. The molecule has 0 radical (unpaired) electrons. The molecular weight excluding hydrogens is 292 g/mol. The third-order valence-electron chi connectivity index (χ3n) is 4.63. The zero-order valence-electron chi connectivity index (χ0n) is 14.0. The van der Waals surface area contributed by atoms with Crippen LogP contribution in [-0.4, -0.2) is 43.6 Å². The van der Waals surface area contributed by atoms with Gasteiger partial charge in [-0.15, -0.1) is 0 Å². The Morgan fingerprint density at radius 3 is 2.70 bits per heavy atom. The highest BCUT2D eigenvalue weighted by molar-refractivity contribution is 5.77. The van der Waals surface area contributed by atoms with Gasteiger partial charge in [-0.2, -0.15) is 0 Å². The summed E-state index contributed by atoms with van der Waals surface area (Å²) in [7, 11) is 1.32. The molecule has 1 saturated heterocycles. The van der Waals surface area contributed by atoms with Crippen molar-refractivity contribution in [1.82, 2.24) is 10.2 Å². The molecule has 5 nitrogen and oxygen atoms in total. The van der Waals surface area contributed by atoms with Gasteiger partial charge < -0.3 is 15.0 Å². The van der Waals surface area contributed by atoms with E-state index in [1.165, 1.54) is 12.7 Å². The average molecular weight is 318 g/mol. The molecule has 23 heavy (non-hydrogen) atoms. The van der Waals surface area contributed by atoms with Crippen molar-refractivity contribution in [2.45, 2.75) is 32.1 Å². The second-order valence-corrected chi connectivity index (χ2v) is 5.98. The summed E-state index contributed by atoms with van der Waals surface area (Å²) in [6, 6.07) is 10.6. The predicted molar refractivity (Wildman–Crippen MR) is 89.2 cm³/mol. The average Bonchev–Trinajstić information content (AvgIpc) is 2.61.